The molecule has 1 aliphatic carbocycles. The number of hydrogen-bond donors (Lipinski definition) is 1. The van der Waals surface area contributed by atoms with Crippen molar-refractivity contribution < 1.29 is 0 Å². The Hall–Kier alpha value is -0.0800. The van der Waals surface area contributed by atoms with Crippen molar-refractivity contribution in [3.63, 3.8) is 0 Å². The van der Waals surface area contributed by atoms with E-state index in [0.29, 0.717) is 0 Å². The van der Waals surface area contributed by atoms with Crippen LogP contribution in [0.5, 0.6) is 0 Å². The van der Waals surface area contributed by atoms with Crippen LogP contribution in [0.1, 0.15) is 59.8 Å². The van der Waals surface area contributed by atoms with Crippen LogP contribution in [0.15, 0.2) is 0 Å². The molecule has 0 aromatic rings. The molecule has 17 heavy (non-hydrogen) atoms. The summed E-state index contributed by atoms with van der Waals surface area (Å²) in [6.45, 7) is 12.8. The Labute approximate surface area is 108 Å². The van der Waals surface area contributed by atoms with E-state index in [9.17, 15) is 0 Å². The molecule has 0 saturated heterocycles. The molecule has 0 heterocycles. The molecule has 0 aromatic carbocycles. The van der Waals surface area contributed by atoms with Gasteiger partial charge in [-0.3, -0.25) is 4.90 Å². The first-order valence-electron chi connectivity index (χ1n) is 7.67. The summed E-state index contributed by atoms with van der Waals surface area (Å²) in [7, 11) is 0. The maximum atomic E-state index is 3.61. The van der Waals surface area contributed by atoms with Gasteiger partial charge in [-0.1, -0.05) is 40.5 Å². The summed E-state index contributed by atoms with van der Waals surface area (Å²) in [5.74, 6) is 0.750. The Morgan fingerprint density at radius 3 is 2.29 bits per heavy atom. The standard InChI is InChI=1S/C15H32N2/c1-5-11-16-12-15(13(3)4)17(6-2)14-9-7-8-10-14/h13-16H,5-12H2,1-4H3. The van der Waals surface area contributed by atoms with Gasteiger partial charge in [0.15, 0.2) is 0 Å². The van der Waals surface area contributed by atoms with Crippen molar-refractivity contribution in [2.75, 3.05) is 19.6 Å². The SMILES string of the molecule is CCCNCC(C(C)C)N(CC)C1CCCC1. The van der Waals surface area contributed by atoms with Gasteiger partial charge < -0.3 is 5.32 Å². The Balaban J connectivity index is 2.52. The zero-order valence-electron chi connectivity index (χ0n) is 12.3. The van der Waals surface area contributed by atoms with Crippen molar-refractivity contribution in [1.29, 1.82) is 0 Å². The molecule has 102 valence electrons. The van der Waals surface area contributed by atoms with Crippen LogP contribution in [0.2, 0.25) is 0 Å². The third-order valence-corrected chi connectivity index (χ3v) is 4.13. The van der Waals surface area contributed by atoms with Crippen molar-refractivity contribution in [1.82, 2.24) is 10.2 Å². The summed E-state index contributed by atoms with van der Waals surface area (Å²) in [6, 6.07) is 1.57. The number of likely N-dealkylation sites (N-methyl/N-ethyl adjacent to an activating group) is 1. The van der Waals surface area contributed by atoms with Crippen molar-refractivity contribution in [3.05, 3.63) is 0 Å². The highest BCUT2D eigenvalue weighted by atomic mass is 15.2. The van der Waals surface area contributed by atoms with Crippen LogP contribution >= 0.6 is 0 Å². The molecule has 0 radical (unpaired) electrons. The molecule has 1 atom stereocenters. The fourth-order valence-electron chi connectivity index (χ4n) is 3.16. The van der Waals surface area contributed by atoms with Gasteiger partial charge in [-0.15, -0.1) is 0 Å². The number of nitrogens with zero attached hydrogens (tertiary/aromatic N) is 1. The van der Waals surface area contributed by atoms with Gasteiger partial charge in [0.1, 0.15) is 0 Å². The number of nitrogens with one attached hydrogen (secondary N) is 1. The van der Waals surface area contributed by atoms with Crippen LogP contribution in [0.3, 0.4) is 0 Å². The lowest BCUT2D eigenvalue weighted by Crippen LogP contribution is -2.49. The van der Waals surface area contributed by atoms with Gasteiger partial charge in [0.05, 0.1) is 0 Å². The van der Waals surface area contributed by atoms with Crippen LogP contribution in [0.4, 0.5) is 0 Å². The zero-order chi connectivity index (χ0) is 12.7. The average molecular weight is 240 g/mol. The normalized spacial score (nSPS) is 19.4. The van der Waals surface area contributed by atoms with Crippen molar-refractivity contribution >= 4 is 0 Å². The lowest BCUT2D eigenvalue weighted by atomic mass is 9.99. The fourth-order valence-corrected chi connectivity index (χ4v) is 3.16. The molecule has 1 rings (SSSR count). The first kappa shape index (κ1) is 15.0. The van der Waals surface area contributed by atoms with Crippen molar-refractivity contribution in [2.45, 2.75) is 71.9 Å². The summed E-state index contributed by atoms with van der Waals surface area (Å²) in [5, 5.41) is 3.61. The lowest BCUT2D eigenvalue weighted by molar-refractivity contribution is 0.108. The molecule has 2 heteroatoms. The maximum Gasteiger partial charge on any atom is 0.0246 e. The molecule has 0 spiro atoms. The van der Waals surface area contributed by atoms with E-state index in [2.05, 4.69) is 37.9 Å². The van der Waals surface area contributed by atoms with Crippen molar-refractivity contribution in [3.8, 4) is 0 Å². The molecule has 1 saturated carbocycles. The maximum absolute atomic E-state index is 3.61. The second-order valence-corrected chi connectivity index (χ2v) is 5.78. The molecule has 0 bridgehead atoms. The van der Waals surface area contributed by atoms with Gasteiger partial charge in [0.25, 0.3) is 0 Å². The summed E-state index contributed by atoms with van der Waals surface area (Å²) < 4.78 is 0. The lowest BCUT2D eigenvalue weighted by Gasteiger charge is -2.38. The van der Waals surface area contributed by atoms with E-state index in [1.165, 1.54) is 38.6 Å². The predicted octanol–water partition coefficient (Wildman–Crippen LogP) is 3.28. The smallest absolute Gasteiger partial charge is 0.0246 e. The summed E-state index contributed by atoms with van der Waals surface area (Å²) in [6.07, 6.45) is 6.96. The third-order valence-electron chi connectivity index (χ3n) is 4.13. The van der Waals surface area contributed by atoms with Gasteiger partial charge in [0, 0.05) is 18.6 Å². The Morgan fingerprint density at radius 1 is 1.18 bits per heavy atom. The minimum Gasteiger partial charge on any atom is -0.315 e. The molecule has 1 unspecified atom stereocenters. The second-order valence-electron chi connectivity index (χ2n) is 5.78. The summed E-state index contributed by atoms with van der Waals surface area (Å²) in [5.41, 5.74) is 0. The van der Waals surface area contributed by atoms with E-state index in [-0.39, 0.29) is 0 Å². The Bertz CT molecular complexity index is 185. The number of rotatable bonds is 8. The van der Waals surface area contributed by atoms with E-state index >= 15 is 0 Å². The number of hydrogen-bond acceptors (Lipinski definition) is 2. The highest BCUT2D eigenvalue weighted by molar-refractivity contribution is 4.85. The quantitative estimate of drug-likeness (QED) is 0.655. The average Bonchev–Trinajstić information content (AvgIpc) is 2.81. The summed E-state index contributed by atoms with van der Waals surface area (Å²) >= 11 is 0. The first-order valence-corrected chi connectivity index (χ1v) is 7.67. The van der Waals surface area contributed by atoms with Crippen LogP contribution in [0, 0.1) is 5.92 Å². The molecule has 0 aromatic heterocycles. The third kappa shape index (κ3) is 4.59. The highest BCUT2D eigenvalue weighted by Crippen LogP contribution is 2.26. The highest BCUT2D eigenvalue weighted by Gasteiger charge is 2.28. The van der Waals surface area contributed by atoms with E-state index < -0.39 is 0 Å². The zero-order valence-corrected chi connectivity index (χ0v) is 12.3. The van der Waals surface area contributed by atoms with E-state index in [4.69, 9.17) is 0 Å². The van der Waals surface area contributed by atoms with Gasteiger partial charge in [-0.2, -0.15) is 0 Å². The van der Waals surface area contributed by atoms with Gasteiger partial charge in [-0.25, -0.2) is 0 Å². The van der Waals surface area contributed by atoms with Crippen LogP contribution in [0.25, 0.3) is 0 Å². The Morgan fingerprint density at radius 2 is 1.82 bits per heavy atom. The van der Waals surface area contributed by atoms with Crippen LogP contribution < -0.4 is 5.32 Å². The minimum atomic E-state index is 0.717. The first-order chi connectivity index (χ1) is 8.20. The van der Waals surface area contributed by atoms with E-state index in [0.717, 1.165) is 31.1 Å². The van der Waals surface area contributed by atoms with E-state index in [1.807, 2.05) is 0 Å². The monoisotopic (exact) mass is 240 g/mol. The molecular weight excluding hydrogens is 208 g/mol. The van der Waals surface area contributed by atoms with Gasteiger partial charge in [0.2, 0.25) is 0 Å². The second kappa shape index (κ2) is 8.10. The Kier molecular flexibility index (Phi) is 7.14. The van der Waals surface area contributed by atoms with Crippen LogP contribution in [-0.2, 0) is 0 Å². The predicted molar refractivity (Wildman–Crippen MR) is 76.4 cm³/mol. The largest absolute Gasteiger partial charge is 0.315 e. The summed E-state index contributed by atoms with van der Waals surface area (Å²) in [4.78, 5) is 2.76. The van der Waals surface area contributed by atoms with Crippen LogP contribution in [-0.4, -0.2) is 36.6 Å². The van der Waals surface area contributed by atoms with E-state index in [1.54, 1.807) is 0 Å². The molecule has 1 fully saturated rings. The fraction of sp³-hybridized carbons (Fsp3) is 1.00. The minimum absolute atomic E-state index is 0.717. The topological polar surface area (TPSA) is 15.3 Å². The molecule has 1 N–H and O–H groups in total. The molecular formula is C15H32N2. The molecule has 0 aliphatic heterocycles. The molecule has 0 amide bonds. The van der Waals surface area contributed by atoms with Crippen molar-refractivity contribution in [2.24, 2.45) is 5.92 Å². The molecule has 2 nitrogen and oxygen atoms in total. The van der Waals surface area contributed by atoms with Gasteiger partial charge in [-0.05, 0) is 38.3 Å². The van der Waals surface area contributed by atoms with Gasteiger partial charge >= 0.3 is 0 Å². The molecule has 1 aliphatic rings.